The number of carbonyl (C=O) groups excluding carboxylic acids is 3. The highest BCUT2D eigenvalue weighted by Gasteiger charge is 2.58. The topological polar surface area (TPSA) is 95.9 Å². The molecule has 6 atom stereocenters. The average molecular weight is 505 g/mol. The number of nitrogens with zero attached hydrogens (tertiary/aromatic N) is 1. The molecule has 2 N–H and O–H groups in total. The van der Waals surface area contributed by atoms with Crippen molar-refractivity contribution in [2.75, 3.05) is 18.5 Å². The summed E-state index contributed by atoms with van der Waals surface area (Å²) in [6.07, 6.45) is 6.04. The molecule has 1 saturated heterocycles. The monoisotopic (exact) mass is 504 g/mol. The van der Waals surface area contributed by atoms with Crippen molar-refractivity contribution >= 4 is 35.1 Å². The number of ether oxygens (including phenoxy) is 1. The van der Waals surface area contributed by atoms with Crippen molar-refractivity contribution in [1.82, 2.24) is 4.90 Å². The zero-order valence-corrected chi connectivity index (χ0v) is 21.7. The molecule has 1 aliphatic heterocycles. The van der Waals surface area contributed by atoms with Crippen LogP contribution in [0, 0.1) is 29.6 Å². The van der Waals surface area contributed by atoms with Crippen molar-refractivity contribution in [2.24, 2.45) is 29.6 Å². The first kappa shape index (κ1) is 27.2. The molecule has 8 heteroatoms. The maximum absolute atomic E-state index is 14.0. The molecule has 0 saturated carbocycles. The Balaban J connectivity index is 2.04. The number of carbonyl (C=O) groups is 3. The summed E-state index contributed by atoms with van der Waals surface area (Å²) in [5.41, 5.74) is 0.560. The normalized spacial score (nSPS) is 26.5. The Morgan fingerprint density at radius 3 is 2.43 bits per heavy atom. The Bertz CT molecular complexity index is 932. The number of allylic oxidation sites excluding steroid dienone is 1. The number of likely N-dealkylation sites (tertiary alicyclic amines) is 1. The summed E-state index contributed by atoms with van der Waals surface area (Å²) in [6, 6.07) is 5.38. The van der Waals surface area contributed by atoms with Crippen LogP contribution in [0.5, 0.6) is 0 Å². The van der Waals surface area contributed by atoms with E-state index in [4.69, 9.17) is 16.3 Å². The van der Waals surface area contributed by atoms with Crippen LogP contribution in [0.4, 0.5) is 5.69 Å². The van der Waals surface area contributed by atoms with Gasteiger partial charge in [0.1, 0.15) is 6.04 Å². The highest BCUT2D eigenvalue weighted by molar-refractivity contribution is 6.30. The van der Waals surface area contributed by atoms with Crippen LogP contribution in [-0.2, 0) is 19.1 Å². The van der Waals surface area contributed by atoms with E-state index >= 15 is 0 Å². The van der Waals surface area contributed by atoms with Gasteiger partial charge in [-0.3, -0.25) is 14.4 Å². The lowest BCUT2D eigenvalue weighted by atomic mass is 9.69. The Morgan fingerprint density at radius 1 is 1.17 bits per heavy atom. The lowest BCUT2D eigenvalue weighted by Crippen LogP contribution is -2.51. The van der Waals surface area contributed by atoms with Gasteiger partial charge in [0.05, 0.1) is 31.1 Å². The number of amides is 2. The molecule has 0 aromatic heterocycles. The summed E-state index contributed by atoms with van der Waals surface area (Å²) >= 11 is 5.98. The van der Waals surface area contributed by atoms with E-state index in [0.29, 0.717) is 17.1 Å². The van der Waals surface area contributed by atoms with E-state index in [0.717, 1.165) is 12.8 Å². The van der Waals surface area contributed by atoms with Gasteiger partial charge in [-0.1, -0.05) is 50.9 Å². The third-order valence-electron chi connectivity index (χ3n) is 6.96. The largest absolute Gasteiger partial charge is 0.466 e. The zero-order valence-electron chi connectivity index (χ0n) is 20.9. The number of halogens is 1. The van der Waals surface area contributed by atoms with Gasteiger partial charge in [-0.15, -0.1) is 0 Å². The van der Waals surface area contributed by atoms with E-state index < -0.39 is 35.8 Å². The average Bonchev–Trinajstić information content (AvgIpc) is 3.11. The molecule has 2 aliphatic rings. The van der Waals surface area contributed by atoms with Crippen LogP contribution >= 0.6 is 11.6 Å². The van der Waals surface area contributed by atoms with Crippen molar-refractivity contribution in [2.45, 2.75) is 59.0 Å². The summed E-state index contributed by atoms with van der Waals surface area (Å²) in [7, 11) is 0. The highest BCUT2D eigenvalue weighted by atomic mass is 35.5. The Hall–Kier alpha value is -2.38. The minimum Gasteiger partial charge on any atom is -0.466 e. The van der Waals surface area contributed by atoms with Gasteiger partial charge >= 0.3 is 5.97 Å². The van der Waals surface area contributed by atoms with Gasteiger partial charge in [-0.25, -0.2) is 0 Å². The number of aliphatic hydroxyl groups excluding tert-OH is 1. The number of aliphatic hydroxyl groups is 1. The van der Waals surface area contributed by atoms with E-state index in [-0.39, 0.29) is 36.9 Å². The van der Waals surface area contributed by atoms with Crippen molar-refractivity contribution in [1.29, 1.82) is 0 Å². The van der Waals surface area contributed by atoms with E-state index in [1.165, 1.54) is 4.90 Å². The Kier molecular flexibility index (Phi) is 9.36. The molecule has 0 bridgehead atoms. The third kappa shape index (κ3) is 5.89. The molecular formula is C27H37ClN2O5. The molecule has 192 valence electrons. The number of anilines is 1. The molecule has 0 spiro atoms. The fourth-order valence-electron chi connectivity index (χ4n) is 5.58. The first-order valence-electron chi connectivity index (χ1n) is 12.6. The molecule has 35 heavy (non-hydrogen) atoms. The molecule has 1 aliphatic carbocycles. The maximum atomic E-state index is 14.0. The summed E-state index contributed by atoms with van der Waals surface area (Å²) in [5, 5.41) is 13.7. The standard InChI is InChI=1S/C27H37ClN2O5/c1-5-7-17-8-13-21-23(22(17)27(34)35-6-2)26(33)30(20(15-31)14-16(3)4)24(21)25(32)29-19-11-9-18(28)10-12-19/h8-13,16-17,20-24,31H,5-7,14-15H2,1-4H3,(H,29,32)/t17-,20-,21+,22-,23-,24+/m1/s1. The minimum absolute atomic E-state index is 0.137. The number of fused-ring (bicyclic) bond motifs is 1. The van der Waals surface area contributed by atoms with E-state index in [1.54, 1.807) is 31.2 Å². The van der Waals surface area contributed by atoms with Crippen LogP contribution < -0.4 is 5.32 Å². The van der Waals surface area contributed by atoms with Crippen LogP contribution in [0.15, 0.2) is 36.4 Å². The molecule has 1 aromatic carbocycles. The Labute approximate surface area is 212 Å². The number of nitrogens with one attached hydrogen (secondary N) is 1. The second kappa shape index (κ2) is 12.0. The molecule has 1 aromatic rings. The molecule has 0 unspecified atom stereocenters. The first-order chi connectivity index (χ1) is 16.7. The summed E-state index contributed by atoms with van der Waals surface area (Å²) in [5.74, 6) is -2.83. The van der Waals surface area contributed by atoms with Crippen molar-refractivity contribution in [3.8, 4) is 0 Å². The fraction of sp³-hybridized carbons (Fsp3) is 0.593. The molecule has 1 fully saturated rings. The SMILES string of the molecule is CCC[C@@H]1C=C[C@H]2[C@@H](C(=O)N([C@@H](CO)CC(C)C)[C@@H]2C(=O)Nc2ccc(Cl)cc2)[C@@H]1C(=O)OCC. The van der Waals surface area contributed by atoms with Crippen molar-refractivity contribution in [3.63, 3.8) is 0 Å². The molecule has 7 nitrogen and oxygen atoms in total. The number of rotatable bonds is 10. The quantitative estimate of drug-likeness (QED) is 0.366. The highest BCUT2D eigenvalue weighted by Crippen LogP contribution is 2.46. The lowest BCUT2D eigenvalue weighted by Gasteiger charge is -2.34. The number of esters is 1. The van der Waals surface area contributed by atoms with Gasteiger partial charge in [0, 0.05) is 16.6 Å². The van der Waals surface area contributed by atoms with Crippen LogP contribution in [0.3, 0.4) is 0 Å². The van der Waals surface area contributed by atoms with E-state index in [9.17, 15) is 19.5 Å². The minimum atomic E-state index is -0.852. The molecule has 3 rings (SSSR count). The van der Waals surface area contributed by atoms with E-state index in [2.05, 4.69) is 5.32 Å². The first-order valence-corrected chi connectivity index (χ1v) is 13.0. The van der Waals surface area contributed by atoms with Gasteiger partial charge in [0.15, 0.2) is 0 Å². The lowest BCUT2D eigenvalue weighted by molar-refractivity contribution is -0.156. The molecule has 2 amide bonds. The number of hydrogen-bond acceptors (Lipinski definition) is 5. The summed E-state index contributed by atoms with van der Waals surface area (Å²) in [4.78, 5) is 42.3. The molecular weight excluding hydrogens is 468 g/mol. The summed E-state index contributed by atoms with van der Waals surface area (Å²) < 4.78 is 5.40. The van der Waals surface area contributed by atoms with Crippen LogP contribution in [0.25, 0.3) is 0 Å². The summed E-state index contributed by atoms with van der Waals surface area (Å²) in [6.45, 7) is 7.77. The van der Waals surface area contributed by atoms with Crippen molar-refractivity contribution in [3.05, 3.63) is 41.4 Å². The second-order valence-corrected chi connectivity index (χ2v) is 10.3. The van der Waals surface area contributed by atoms with Gasteiger partial charge < -0.3 is 20.1 Å². The predicted octanol–water partition coefficient (Wildman–Crippen LogP) is 4.29. The number of hydrogen-bond donors (Lipinski definition) is 2. The van der Waals surface area contributed by atoms with E-state index in [1.807, 2.05) is 32.9 Å². The zero-order chi connectivity index (χ0) is 25.7. The van der Waals surface area contributed by atoms with Crippen LogP contribution in [0.1, 0.15) is 47.0 Å². The smallest absolute Gasteiger partial charge is 0.310 e. The van der Waals surface area contributed by atoms with Gasteiger partial charge in [0.25, 0.3) is 0 Å². The molecule has 0 radical (unpaired) electrons. The van der Waals surface area contributed by atoms with Gasteiger partial charge in [0.2, 0.25) is 11.8 Å². The third-order valence-corrected chi connectivity index (χ3v) is 7.21. The fourth-order valence-corrected chi connectivity index (χ4v) is 5.70. The van der Waals surface area contributed by atoms with Gasteiger partial charge in [-0.05, 0) is 55.9 Å². The Morgan fingerprint density at radius 2 is 1.86 bits per heavy atom. The van der Waals surface area contributed by atoms with Crippen molar-refractivity contribution < 1.29 is 24.2 Å². The predicted molar refractivity (Wildman–Crippen MR) is 136 cm³/mol. The second-order valence-electron chi connectivity index (χ2n) is 9.87. The van der Waals surface area contributed by atoms with Crippen LogP contribution in [-0.4, -0.2) is 53.1 Å². The maximum Gasteiger partial charge on any atom is 0.310 e. The van der Waals surface area contributed by atoms with Crippen LogP contribution in [0.2, 0.25) is 5.02 Å². The number of benzene rings is 1. The van der Waals surface area contributed by atoms with Gasteiger partial charge in [-0.2, -0.15) is 0 Å². The molecule has 1 heterocycles.